The molecule has 0 aliphatic rings. The van der Waals surface area contributed by atoms with Crippen molar-refractivity contribution in [3.05, 3.63) is 35.7 Å². The summed E-state index contributed by atoms with van der Waals surface area (Å²) in [4.78, 5) is 26.3. The van der Waals surface area contributed by atoms with Crippen molar-refractivity contribution in [2.45, 2.75) is 13.3 Å². The summed E-state index contributed by atoms with van der Waals surface area (Å²) in [6.07, 6.45) is 0.118. The molecule has 1 aromatic carbocycles. The van der Waals surface area contributed by atoms with Crippen molar-refractivity contribution in [1.82, 2.24) is 10.1 Å². The summed E-state index contributed by atoms with van der Waals surface area (Å²) >= 11 is 0. The van der Waals surface area contributed by atoms with Crippen LogP contribution in [-0.4, -0.2) is 29.0 Å². The van der Waals surface area contributed by atoms with Crippen LogP contribution in [0.2, 0.25) is 0 Å². The Balaban J connectivity index is 2.20. The molecule has 0 spiro atoms. The molecule has 6 nitrogen and oxygen atoms in total. The minimum Gasteiger partial charge on any atom is -0.465 e. The van der Waals surface area contributed by atoms with Crippen molar-refractivity contribution in [1.29, 1.82) is 0 Å². The number of nitrogens with zero attached hydrogens (tertiary/aromatic N) is 2. The van der Waals surface area contributed by atoms with Crippen LogP contribution >= 0.6 is 0 Å². The number of esters is 1. The summed E-state index contributed by atoms with van der Waals surface area (Å²) in [6.45, 7) is 1.45. The minimum atomic E-state index is -0.406. The molecule has 1 aromatic heterocycles. The monoisotopic (exact) mass is 260 g/mol. The van der Waals surface area contributed by atoms with E-state index in [-0.39, 0.29) is 18.1 Å². The summed E-state index contributed by atoms with van der Waals surface area (Å²) in [5.41, 5.74) is 1.14. The zero-order chi connectivity index (χ0) is 13.8. The predicted molar refractivity (Wildman–Crippen MR) is 65.5 cm³/mol. The lowest BCUT2D eigenvalue weighted by atomic mass is 10.1. The maximum absolute atomic E-state index is 11.3. The third-order valence-electron chi connectivity index (χ3n) is 2.43. The molecule has 19 heavy (non-hydrogen) atoms. The Morgan fingerprint density at radius 1 is 1.26 bits per heavy atom. The maximum atomic E-state index is 11.3. The van der Waals surface area contributed by atoms with E-state index in [4.69, 9.17) is 4.52 Å². The number of carbonyl (C=O) groups excluding carboxylic acids is 2. The second-order valence-electron chi connectivity index (χ2n) is 3.96. The first-order valence-corrected chi connectivity index (χ1v) is 5.61. The van der Waals surface area contributed by atoms with Crippen molar-refractivity contribution >= 4 is 11.8 Å². The Morgan fingerprint density at radius 3 is 2.53 bits per heavy atom. The van der Waals surface area contributed by atoms with Crippen LogP contribution in [0, 0.1) is 0 Å². The quantitative estimate of drug-likeness (QED) is 0.777. The number of ketones is 1. The Morgan fingerprint density at radius 2 is 1.95 bits per heavy atom. The zero-order valence-corrected chi connectivity index (χ0v) is 10.5. The molecular weight excluding hydrogens is 248 g/mol. The normalized spacial score (nSPS) is 10.2. The van der Waals surface area contributed by atoms with Gasteiger partial charge in [0.05, 0.1) is 19.1 Å². The molecule has 0 saturated heterocycles. The zero-order valence-electron chi connectivity index (χ0n) is 10.5. The van der Waals surface area contributed by atoms with Crippen LogP contribution in [0.25, 0.3) is 11.4 Å². The third-order valence-corrected chi connectivity index (χ3v) is 2.43. The smallest absolute Gasteiger partial charge is 0.337 e. The van der Waals surface area contributed by atoms with Gasteiger partial charge in [0.1, 0.15) is 5.78 Å². The van der Waals surface area contributed by atoms with Gasteiger partial charge >= 0.3 is 5.97 Å². The summed E-state index contributed by atoms with van der Waals surface area (Å²) in [5.74, 6) is 0.209. The lowest BCUT2D eigenvalue weighted by Crippen LogP contribution is -2.00. The number of hydrogen-bond donors (Lipinski definition) is 0. The highest BCUT2D eigenvalue weighted by Gasteiger charge is 2.11. The topological polar surface area (TPSA) is 82.3 Å². The SMILES string of the molecule is COC(=O)c1ccc(-c2noc(CC(C)=O)n2)cc1. The Kier molecular flexibility index (Phi) is 3.70. The van der Waals surface area contributed by atoms with Gasteiger partial charge in [-0.05, 0) is 19.1 Å². The summed E-state index contributed by atoms with van der Waals surface area (Å²) in [5, 5.41) is 3.78. The molecule has 1 heterocycles. The Bertz CT molecular complexity index is 601. The summed E-state index contributed by atoms with van der Waals surface area (Å²) in [6, 6.07) is 6.60. The van der Waals surface area contributed by atoms with E-state index in [1.54, 1.807) is 24.3 Å². The number of ether oxygens (including phenoxy) is 1. The molecular formula is C13H12N2O4. The first kappa shape index (κ1) is 12.9. The second-order valence-corrected chi connectivity index (χ2v) is 3.96. The van der Waals surface area contributed by atoms with Crippen molar-refractivity contribution in [2.75, 3.05) is 7.11 Å². The predicted octanol–water partition coefficient (Wildman–Crippen LogP) is 1.65. The molecule has 0 aliphatic carbocycles. The Labute approximate surface area is 109 Å². The molecule has 0 atom stereocenters. The number of methoxy groups -OCH3 is 1. The number of hydrogen-bond acceptors (Lipinski definition) is 6. The van der Waals surface area contributed by atoms with Gasteiger partial charge in [0.15, 0.2) is 0 Å². The van der Waals surface area contributed by atoms with Crippen LogP contribution in [0.3, 0.4) is 0 Å². The van der Waals surface area contributed by atoms with Crippen molar-refractivity contribution in [2.24, 2.45) is 0 Å². The number of rotatable bonds is 4. The first-order valence-electron chi connectivity index (χ1n) is 5.61. The van der Waals surface area contributed by atoms with Gasteiger partial charge in [0.2, 0.25) is 11.7 Å². The van der Waals surface area contributed by atoms with Gasteiger partial charge in [-0.25, -0.2) is 4.79 Å². The van der Waals surface area contributed by atoms with E-state index in [9.17, 15) is 9.59 Å². The lowest BCUT2D eigenvalue weighted by molar-refractivity contribution is -0.116. The molecule has 0 amide bonds. The van der Waals surface area contributed by atoms with E-state index in [0.717, 1.165) is 0 Å². The molecule has 0 unspecified atom stereocenters. The van der Waals surface area contributed by atoms with E-state index >= 15 is 0 Å². The fraction of sp³-hybridized carbons (Fsp3) is 0.231. The first-order chi connectivity index (χ1) is 9.10. The molecule has 2 aromatic rings. The van der Waals surface area contributed by atoms with Gasteiger partial charge in [0.25, 0.3) is 0 Å². The van der Waals surface area contributed by atoms with E-state index in [0.29, 0.717) is 17.0 Å². The van der Waals surface area contributed by atoms with Gasteiger partial charge in [-0.1, -0.05) is 17.3 Å². The van der Waals surface area contributed by atoms with Crippen LogP contribution in [0.4, 0.5) is 0 Å². The van der Waals surface area contributed by atoms with Crippen LogP contribution < -0.4 is 0 Å². The van der Waals surface area contributed by atoms with Crippen molar-refractivity contribution in [3.8, 4) is 11.4 Å². The van der Waals surface area contributed by atoms with Crippen LogP contribution in [0.5, 0.6) is 0 Å². The second kappa shape index (κ2) is 5.43. The number of benzene rings is 1. The van der Waals surface area contributed by atoms with E-state index < -0.39 is 5.97 Å². The minimum absolute atomic E-state index is 0.0451. The molecule has 0 radical (unpaired) electrons. The maximum Gasteiger partial charge on any atom is 0.337 e. The number of aromatic nitrogens is 2. The van der Waals surface area contributed by atoms with Gasteiger partial charge in [-0.15, -0.1) is 0 Å². The van der Waals surface area contributed by atoms with Gasteiger partial charge < -0.3 is 9.26 Å². The molecule has 0 N–H and O–H groups in total. The third kappa shape index (κ3) is 3.04. The Hall–Kier alpha value is -2.50. The highest BCUT2D eigenvalue weighted by molar-refractivity contribution is 5.89. The average molecular weight is 260 g/mol. The van der Waals surface area contributed by atoms with Gasteiger partial charge in [-0.3, -0.25) is 4.79 Å². The van der Waals surface area contributed by atoms with E-state index in [1.807, 2.05) is 0 Å². The molecule has 0 fully saturated rings. The van der Waals surface area contributed by atoms with Crippen LogP contribution in [-0.2, 0) is 16.0 Å². The molecule has 0 saturated carbocycles. The van der Waals surface area contributed by atoms with Crippen LogP contribution in [0.15, 0.2) is 28.8 Å². The average Bonchev–Trinajstić information content (AvgIpc) is 2.85. The highest BCUT2D eigenvalue weighted by Crippen LogP contribution is 2.17. The highest BCUT2D eigenvalue weighted by atomic mass is 16.5. The number of carbonyl (C=O) groups is 2. The summed E-state index contributed by atoms with van der Waals surface area (Å²) < 4.78 is 9.56. The molecule has 2 rings (SSSR count). The van der Waals surface area contributed by atoms with Crippen LogP contribution in [0.1, 0.15) is 23.2 Å². The fourth-order valence-electron chi connectivity index (χ4n) is 1.53. The molecule has 0 bridgehead atoms. The van der Waals surface area contributed by atoms with E-state index in [2.05, 4.69) is 14.9 Å². The fourth-order valence-corrected chi connectivity index (χ4v) is 1.53. The lowest BCUT2D eigenvalue weighted by Gasteiger charge is -1.99. The number of Topliss-reactive ketones (excluding diaryl/α,β-unsaturated/α-hetero) is 1. The van der Waals surface area contributed by atoms with Crippen molar-refractivity contribution in [3.63, 3.8) is 0 Å². The standard InChI is InChI=1S/C13H12N2O4/c1-8(16)7-11-14-12(15-19-11)9-3-5-10(6-4-9)13(17)18-2/h3-6H,7H2,1-2H3. The van der Waals surface area contributed by atoms with Gasteiger partial charge in [0, 0.05) is 5.56 Å². The molecule has 0 aliphatic heterocycles. The van der Waals surface area contributed by atoms with E-state index in [1.165, 1.54) is 14.0 Å². The molecule has 6 heteroatoms. The largest absolute Gasteiger partial charge is 0.465 e. The summed E-state index contributed by atoms with van der Waals surface area (Å²) in [7, 11) is 1.32. The molecule has 98 valence electrons. The van der Waals surface area contributed by atoms with Crippen molar-refractivity contribution < 1.29 is 18.8 Å². The van der Waals surface area contributed by atoms with Gasteiger partial charge in [-0.2, -0.15) is 4.98 Å².